The fourth-order valence-corrected chi connectivity index (χ4v) is 1.30. The van der Waals surface area contributed by atoms with Crippen molar-refractivity contribution in [3.05, 3.63) is 35.4 Å². The highest BCUT2D eigenvalue weighted by Crippen LogP contribution is 2.15. The second kappa shape index (κ2) is 2.60. The molecule has 2 rings (SSSR count). The Morgan fingerprint density at radius 3 is 3.08 bits per heavy atom. The van der Waals surface area contributed by atoms with Crippen molar-refractivity contribution in [3.63, 3.8) is 0 Å². The molecule has 0 fully saturated rings. The van der Waals surface area contributed by atoms with Gasteiger partial charge in [-0.15, -0.1) is 0 Å². The van der Waals surface area contributed by atoms with Crippen molar-refractivity contribution < 1.29 is 4.79 Å². The Labute approximate surface area is 73.6 Å². The van der Waals surface area contributed by atoms with Crippen LogP contribution in [0.25, 0.3) is 5.52 Å². The molecule has 60 valence electrons. The molecule has 0 aliphatic heterocycles. The Morgan fingerprint density at radius 1 is 1.50 bits per heavy atom. The predicted molar refractivity (Wildman–Crippen MR) is 45.6 cm³/mol. The van der Waals surface area contributed by atoms with Gasteiger partial charge >= 0.3 is 0 Å². The van der Waals surface area contributed by atoms with Crippen LogP contribution in [0.5, 0.6) is 0 Å². The van der Waals surface area contributed by atoms with E-state index in [1.54, 1.807) is 23.0 Å². The van der Waals surface area contributed by atoms with Gasteiger partial charge in [-0.05, 0) is 12.1 Å². The van der Waals surface area contributed by atoms with E-state index in [9.17, 15) is 4.79 Å². The molecule has 0 aromatic carbocycles. The Kier molecular flexibility index (Phi) is 1.59. The van der Waals surface area contributed by atoms with E-state index in [2.05, 4.69) is 4.98 Å². The van der Waals surface area contributed by atoms with Crippen LogP contribution in [0.2, 0.25) is 5.02 Å². The second-order valence-electron chi connectivity index (χ2n) is 2.37. The molecule has 4 heteroatoms. The maximum absolute atomic E-state index is 10.6. The van der Waals surface area contributed by atoms with Gasteiger partial charge in [-0.1, -0.05) is 11.6 Å². The Bertz CT molecular complexity index is 436. The molecule has 12 heavy (non-hydrogen) atoms. The van der Waals surface area contributed by atoms with Crippen molar-refractivity contribution in [2.24, 2.45) is 0 Å². The number of carbonyl (C=O) groups excluding carboxylic acids is 1. The van der Waals surface area contributed by atoms with Crippen LogP contribution < -0.4 is 0 Å². The van der Waals surface area contributed by atoms with Gasteiger partial charge in [0, 0.05) is 0 Å². The van der Waals surface area contributed by atoms with E-state index < -0.39 is 0 Å². The van der Waals surface area contributed by atoms with Crippen molar-refractivity contribution in [1.82, 2.24) is 9.38 Å². The summed E-state index contributed by atoms with van der Waals surface area (Å²) in [6.07, 6.45) is 3.95. The molecule has 0 saturated heterocycles. The number of pyridine rings is 1. The molecule has 0 aliphatic carbocycles. The Hall–Kier alpha value is -1.35. The maximum atomic E-state index is 10.6. The largest absolute Gasteiger partial charge is 0.296 e. The molecule has 0 N–H and O–H groups in total. The minimum atomic E-state index is 0.437. The van der Waals surface area contributed by atoms with Crippen molar-refractivity contribution >= 4 is 23.4 Å². The van der Waals surface area contributed by atoms with Crippen molar-refractivity contribution in [2.45, 2.75) is 0 Å². The molecular formula is C8H5ClN2O. The third-order valence-corrected chi connectivity index (χ3v) is 2.00. The van der Waals surface area contributed by atoms with E-state index in [0.717, 1.165) is 11.8 Å². The van der Waals surface area contributed by atoms with Crippen LogP contribution >= 0.6 is 11.6 Å². The highest BCUT2D eigenvalue weighted by atomic mass is 35.5. The van der Waals surface area contributed by atoms with E-state index in [1.807, 2.05) is 6.07 Å². The Morgan fingerprint density at radius 2 is 2.33 bits per heavy atom. The standard InChI is InChI=1S/C8H5ClN2O/c9-7-2-1-6-3-10-5-11(6)8(7)4-12/h1-5H. The average Bonchev–Trinajstić information content (AvgIpc) is 2.52. The van der Waals surface area contributed by atoms with Crippen molar-refractivity contribution in [2.75, 3.05) is 0 Å². The van der Waals surface area contributed by atoms with Crippen LogP contribution in [0.15, 0.2) is 24.7 Å². The molecule has 0 spiro atoms. The number of imidazole rings is 1. The number of aromatic nitrogens is 2. The predicted octanol–water partition coefficient (Wildman–Crippen LogP) is 1.80. The number of hydrogen-bond acceptors (Lipinski definition) is 2. The van der Waals surface area contributed by atoms with Crippen LogP contribution in [-0.4, -0.2) is 15.7 Å². The maximum Gasteiger partial charge on any atom is 0.168 e. The third kappa shape index (κ3) is 0.905. The first kappa shape index (κ1) is 7.31. The van der Waals surface area contributed by atoms with Gasteiger partial charge in [0.1, 0.15) is 5.69 Å². The first-order valence-electron chi connectivity index (χ1n) is 3.38. The van der Waals surface area contributed by atoms with E-state index >= 15 is 0 Å². The van der Waals surface area contributed by atoms with Crippen LogP contribution in [0.4, 0.5) is 0 Å². The summed E-state index contributed by atoms with van der Waals surface area (Å²) in [5.74, 6) is 0. The molecule has 0 radical (unpaired) electrons. The van der Waals surface area contributed by atoms with Gasteiger partial charge in [0.05, 0.1) is 23.1 Å². The number of hydrogen-bond donors (Lipinski definition) is 0. The number of carbonyl (C=O) groups is 1. The SMILES string of the molecule is O=Cc1c(Cl)ccc2cncn12. The molecule has 0 bridgehead atoms. The number of nitrogens with zero attached hydrogens (tertiary/aromatic N) is 2. The summed E-state index contributed by atoms with van der Waals surface area (Å²) in [5, 5.41) is 0.440. The van der Waals surface area contributed by atoms with Crippen LogP contribution in [0, 0.1) is 0 Å². The molecule has 2 aromatic heterocycles. The lowest BCUT2D eigenvalue weighted by molar-refractivity contribution is 0.111. The summed E-state index contributed by atoms with van der Waals surface area (Å²) in [7, 11) is 0. The summed E-state index contributed by atoms with van der Waals surface area (Å²) in [6, 6.07) is 3.49. The summed E-state index contributed by atoms with van der Waals surface area (Å²) >= 11 is 5.78. The normalized spacial score (nSPS) is 10.4. The summed E-state index contributed by atoms with van der Waals surface area (Å²) < 4.78 is 1.65. The molecule has 0 atom stereocenters. The van der Waals surface area contributed by atoms with Gasteiger partial charge in [-0.2, -0.15) is 0 Å². The summed E-state index contributed by atoms with van der Waals surface area (Å²) in [6.45, 7) is 0. The van der Waals surface area contributed by atoms with Gasteiger partial charge < -0.3 is 0 Å². The van der Waals surface area contributed by atoms with Crippen LogP contribution in [0.3, 0.4) is 0 Å². The highest BCUT2D eigenvalue weighted by Gasteiger charge is 2.03. The first-order valence-corrected chi connectivity index (χ1v) is 3.76. The third-order valence-electron chi connectivity index (χ3n) is 1.68. The highest BCUT2D eigenvalue weighted by molar-refractivity contribution is 6.32. The zero-order valence-electron chi connectivity index (χ0n) is 6.07. The fourth-order valence-electron chi connectivity index (χ4n) is 1.10. The van der Waals surface area contributed by atoms with Crippen molar-refractivity contribution in [1.29, 1.82) is 0 Å². The van der Waals surface area contributed by atoms with E-state index in [-0.39, 0.29) is 0 Å². The number of halogens is 1. The second-order valence-corrected chi connectivity index (χ2v) is 2.78. The molecular weight excluding hydrogens is 176 g/mol. The van der Waals surface area contributed by atoms with Crippen LogP contribution in [0.1, 0.15) is 10.5 Å². The lowest BCUT2D eigenvalue weighted by Gasteiger charge is -1.99. The molecule has 0 amide bonds. The van der Waals surface area contributed by atoms with E-state index in [0.29, 0.717) is 10.7 Å². The molecule has 2 aromatic rings. The van der Waals surface area contributed by atoms with Crippen LogP contribution in [-0.2, 0) is 0 Å². The molecule has 3 nitrogen and oxygen atoms in total. The monoisotopic (exact) mass is 180 g/mol. The zero-order valence-corrected chi connectivity index (χ0v) is 6.82. The van der Waals surface area contributed by atoms with Gasteiger partial charge in [-0.3, -0.25) is 9.20 Å². The molecule has 0 aliphatic rings. The van der Waals surface area contributed by atoms with Gasteiger partial charge in [0.25, 0.3) is 0 Å². The number of aldehydes is 1. The lowest BCUT2D eigenvalue weighted by atomic mass is 10.3. The van der Waals surface area contributed by atoms with Gasteiger partial charge in [-0.25, -0.2) is 4.98 Å². The quantitative estimate of drug-likeness (QED) is 0.628. The molecule has 2 heterocycles. The van der Waals surface area contributed by atoms with E-state index in [4.69, 9.17) is 11.6 Å². The Balaban J connectivity index is 2.91. The molecule has 0 unspecified atom stereocenters. The topological polar surface area (TPSA) is 34.4 Å². The van der Waals surface area contributed by atoms with E-state index in [1.165, 1.54) is 0 Å². The molecule has 0 saturated carbocycles. The summed E-state index contributed by atoms with van der Waals surface area (Å²) in [4.78, 5) is 14.5. The number of rotatable bonds is 1. The smallest absolute Gasteiger partial charge is 0.168 e. The summed E-state index contributed by atoms with van der Waals surface area (Å²) in [5.41, 5.74) is 1.30. The van der Waals surface area contributed by atoms with Gasteiger partial charge in [0.2, 0.25) is 0 Å². The lowest BCUT2D eigenvalue weighted by Crippen LogP contribution is -1.93. The number of fused-ring (bicyclic) bond motifs is 1. The van der Waals surface area contributed by atoms with Crippen molar-refractivity contribution in [3.8, 4) is 0 Å². The average molecular weight is 181 g/mol. The fraction of sp³-hybridized carbons (Fsp3) is 0. The van der Waals surface area contributed by atoms with Gasteiger partial charge in [0.15, 0.2) is 6.29 Å². The minimum absolute atomic E-state index is 0.437. The zero-order chi connectivity index (χ0) is 8.55. The first-order chi connectivity index (χ1) is 5.83. The minimum Gasteiger partial charge on any atom is -0.296 e.